The maximum absolute atomic E-state index is 3.69. The summed E-state index contributed by atoms with van der Waals surface area (Å²) in [6, 6.07) is 4.02. The average Bonchev–Trinajstić information content (AvgIpc) is 2.36. The molecule has 0 saturated heterocycles. The highest BCUT2D eigenvalue weighted by molar-refractivity contribution is 8.93. The molecule has 0 aliphatic carbocycles. The summed E-state index contributed by atoms with van der Waals surface area (Å²) in [7, 11) is 0. The first-order chi connectivity index (χ1) is 4.88. The summed E-state index contributed by atoms with van der Waals surface area (Å²) in [5, 5.41) is 0. The lowest BCUT2D eigenvalue weighted by Crippen LogP contribution is -1.93. The normalized spacial score (nSPS) is 8.36. The zero-order valence-electron chi connectivity index (χ0n) is 6.36. The van der Waals surface area contributed by atoms with Gasteiger partial charge >= 0.3 is 0 Å². The van der Waals surface area contributed by atoms with Gasteiger partial charge < -0.3 is 4.57 Å². The van der Waals surface area contributed by atoms with Crippen molar-refractivity contribution >= 4 is 23.1 Å². The Balaban J connectivity index is 0.000001000. The first-order valence-electron chi connectivity index (χ1n) is 3.27. The Hall–Kier alpha value is -0.760. The van der Waals surface area contributed by atoms with E-state index in [9.17, 15) is 0 Å². The molecule has 0 spiro atoms. The summed E-state index contributed by atoms with van der Waals surface area (Å²) in [5.41, 5.74) is 1.14. The largest absolute Gasteiger partial charge is 0.344 e. The summed E-state index contributed by atoms with van der Waals surface area (Å²) in [5.74, 6) is 0. The van der Waals surface area contributed by atoms with Crippen molar-refractivity contribution in [2.24, 2.45) is 0 Å². The summed E-state index contributed by atoms with van der Waals surface area (Å²) >= 11 is 0. The molecule has 0 aliphatic rings. The van der Waals surface area contributed by atoms with Crippen molar-refractivity contribution in [3.63, 3.8) is 0 Å². The third-order valence-corrected chi connectivity index (χ3v) is 1.40. The van der Waals surface area contributed by atoms with Gasteiger partial charge in [0.1, 0.15) is 0 Å². The number of aromatic nitrogens is 1. The van der Waals surface area contributed by atoms with Crippen molar-refractivity contribution in [2.45, 2.75) is 6.54 Å². The molecule has 0 saturated carbocycles. The van der Waals surface area contributed by atoms with Crippen molar-refractivity contribution in [3.8, 4) is 0 Å². The first-order valence-corrected chi connectivity index (χ1v) is 3.27. The van der Waals surface area contributed by atoms with Crippen LogP contribution >= 0.6 is 17.0 Å². The maximum atomic E-state index is 3.69. The van der Waals surface area contributed by atoms with E-state index < -0.39 is 0 Å². The lowest BCUT2D eigenvalue weighted by atomic mass is 10.4. The van der Waals surface area contributed by atoms with Gasteiger partial charge in [-0.3, -0.25) is 0 Å². The third kappa shape index (κ3) is 2.39. The van der Waals surface area contributed by atoms with Crippen LogP contribution in [0.15, 0.2) is 37.6 Å². The SMILES string of the molecule is Br.C=CCn1cccc1C=C. The molecule has 0 amide bonds. The van der Waals surface area contributed by atoms with E-state index in [0.29, 0.717) is 0 Å². The number of rotatable bonds is 3. The molecule has 0 aromatic carbocycles. The molecule has 0 N–H and O–H groups in total. The highest BCUT2D eigenvalue weighted by Crippen LogP contribution is 2.02. The van der Waals surface area contributed by atoms with Crippen LogP contribution in [-0.2, 0) is 6.54 Å². The Morgan fingerprint density at radius 2 is 2.18 bits per heavy atom. The maximum Gasteiger partial charge on any atom is 0.0403 e. The predicted octanol–water partition coefficient (Wildman–Crippen LogP) is 2.90. The predicted molar refractivity (Wildman–Crippen MR) is 55.0 cm³/mol. The molecule has 0 radical (unpaired) electrons. The quantitative estimate of drug-likeness (QED) is 0.681. The summed E-state index contributed by atoms with van der Waals surface area (Å²) in [6.07, 6.45) is 5.72. The van der Waals surface area contributed by atoms with E-state index >= 15 is 0 Å². The van der Waals surface area contributed by atoms with Crippen molar-refractivity contribution in [2.75, 3.05) is 0 Å². The molecule has 0 fully saturated rings. The highest BCUT2D eigenvalue weighted by atomic mass is 79.9. The smallest absolute Gasteiger partial charge is 0.0403 e. The van der Waals surface area contributed by atoms with Gasteiger partial charge in [-0.15, -0.1) is 23.6 Å². The number of hydrogen-bond donors (Lipinski definition) is 0. The molecular weight excluding hydrogens is 202 g/mol. The summed E-state index contributed by atoms with van der Waals surface area (Å²) < 4.78 is 2.08. The molecule has 1 aromatic heterocycles. The molecule has 0 unspecified atom stereocenters. The summed E-state index contributed by atoms with van der Waals surface area (Å²) in [6.45, 7) is 8.20. The second kappa shape index (κ2) is 4.97. The fraction of sp³-hybridized carbons (Fsp3) is 0.111. The molecule has 0 bridgehead atoms. The molecule has 2 heteroatoms. The monoisotopic (exact) mass is 213 g/mol. The van der Waals surface area contributed by atoms with Gasteiger partial charge in [-0.2, -0.15) is 0 Å². The minimum Gasteiger partial charge on any atom is -0.344 e. The van der Waals surface area contributed by atoms with Gasteiger partial charge in [0.25, 0.3) is 0 Å². The van der Waals surface area contributed by atoms with Gasteiger partial charge in [0.05, 0.1) is 0 Å². The Labute approximate surface area is 77.8 Å². The molecule has 11 heavy (non-hydrogen) atoms. The van der Waals surface area contributed by atoms with Crippen molar-refractivity contribution in [3.05, 3.63) is 43.3 Å². The van der Waals surface area contributed by atoms with Crippen LogP contribution in [0.2, 0.25) is 0 Å². The lowest BCUT2D eigenvalue weighted by molar-refractivity contribution is 0.822. The Morgan fingerprint density at radius 3 is 2.73 bits per heavy atom. The van der Waals surface area contributed by atoms with Crippen LogP contribution in [0, 0.1) is 0 Å². The molecule has 1 rings (SSSR count). The number of nitrogens with zero attached hydrogens (tertiary/aromatic N) is 1. The van der Waals surface area contributed by atoms with Gasteiger partial charge in [0.2, 0.25) is 0 Å². The van der Waals surface area contributed by atoms with Gasteiger partial charge in [-0.1, -0.05) is 12.7 Å². The Morgan fingerprint density at radius 1 is 1.45 bits per heavy atom. The molecule has 0 aliphatic heterocycles. The van der Waals surface area contributed by atoms with Crippen LogP contribution in [-0.4, -0.2) is 4.57 Å². The molecule has 1 nitrogen and oxygen atoms in total. The van der Waals surface area contributed by atoms with Crippen molar-refractivity contribution < 1.29 is 0 Å². The van der Waals surface area contributed by atoms with E-state index in [4.69, 9.17) is 0 Å². The highest BCUT2D eigenvalue weighted by Gasteiger charge is 1.90. The number of hydrogen-bond acceptors (Lipinski definition) is 0. The molecule has 60 valence electrons. The molecular formula is C9H12BrN. The Kier molecular flexibility index (Phi) is 4.62. The van der Waals surface area contributed by atoms with E-state index in [1.165, 1.54) is 0 Å². The van der Waals surface area contributed by atoms with E-state index in [0.717, 1.165) is 12.2 Å². The first kappa shape index (κ1) is 10.2. The van der Waals surface area contributed by atoms with Crippen LogP contribution in [0.4, 0.5) is 0 Å². The fourth-order valence-electron chi connectivity index (χ4n) is 0.918. The Bertz CT molecular complexity index is 237. The van der Waals surface area contributed by atoms with E-state index in [1.54, 1.807) is 0 Å². The number of allylic oxidation sites excluding steroid dienone is 1. The number of halogens is 1. The van der Waals surface area contributed by atoms with Gasteiger partial charge in [0.15, 0.2) is 0 Å². The van der Waals surface area contributed by atoms with E-state index in [2.05, 4.69) is 17.7 Å². The van der Waals surface area contributed by atoms with Crippen molar-refractivity contribution in [1.82, 2.24) is 4.57 Å². The summed E-state index contributed by atoms with van der Waals surface area (Å²) in [4.78, 5) is 0. The van der Waals surface area contributed by atoms with E-state index in [-0.39, 0.29) is 17.0 Å². The molecule has 0 atom stereocenters. The second-order valence-electron chi connectivity index (χ2n) is 2.08. The van der Waals surface area contributed by atoms with Gasteiger partial charge in [0, 0.05) is 18.4 Å². The lowest BCUT2D eigenvalue weighted by Gasteiger charge is -1.99. The third-order valence-electron chi connectivity index (χ3n) is 1.40. The molecule has 1 heterocycles. The fourth-order valence-corrected chi connectivity index (χ4v) is 0.918. The van der Waals surface area contributed by atoms with Gasteiger partial charge in [-0.25, -0.2) is 0 Å². The van der Waals surface area contributed by atoms with Crippen LogP contribution in [0.1, 0.15) is 5.69 Å². The van der Waals surface area contributed by atoms with Crippen LogP contribution < -0.4 is 0 Å². The second-order valence-corrected chi connectivity index (χ2v) is 2.08. The zero-order chi connectivity index (χ0) is 7.40. The van der Waals surface area contributed by atoms with Crippen molar-refractivity contribution in [1.29, 1.82) is 0 Å². The topological polar surface area (TPSA) is 4.93 Å². The van der Waals surface area contributed by atoms with Crippen LogP contribution in [0.25, 0.3) is 6.08 Å². The average molecular weight is 214 g/mol. The minimum absolute atomic E-state index is 0. The standard InChI is InChI=1S/C9H11N.BrH/c1-3-7-10-8-5-6-9(10)4-2;/h3-6,8H,1-2,7H2;1H. The zero-order valence-corrected chi connectivity index (χ0v) is 8.08. The van der Waals surface area contributed by atoms with Gasteiger partial charge in [-0.05, 0) is 18.2 Å². The van der Waals surface area contributed by atoms with E-state index in [1.807, 2.05) is 30.5 Å². The van der Waals surface area contributed by atoms with Crippen LogP contribution in [0.5, 0.6) is 0 Å². The minimum atomic E-state index is 0. The molecule has 1 aromatic rings. The van der Waals surface area contributed by atoms with Crippen LogP contribution in [0.3, 0.4) is 0 Å².